The van der Waals surface area contributed by atoms with E-state index in [-0.39, 0.29) is 6.04 Å². The Bertz CT molecular complexity index is 337. The summed E-state index contributed by atoms with van der Waals surface area (Å²) >= 11 is 5.22. The summed E-state index contributed by atoms with van der Waals surface area (Å²) in [5.41, 5.74) is 8.04. The number of rotatable bonds is 3. The molecular formula is C9H17N3S. The Morgan fingerprint density at radius 1 is 1.62 bits per heavy atom. The van der Waals surface area contributed by atoms with Crippen LogP contribution in [0.1, 0.15) is 31.3 Å². The van der Waals surface area contributed by atoms with E-state index in [1.165, 1.54) is 11.4 Å². The third kappa shape index (κ3) is 1.84. The lowest BCUT2D eigenvalue weighted by atomic mass is 10.2. The predicted molar refractivity (Wildman–Crippen MR) is 57.5 cm³/mol. The highest BCUT2D eigenvalue weighted by atomic mass is 32.1. The van der Waals surface area contributed by atoms with Crippen molar-refractivity contribution in [2.24, 2.45) is 5.73 Å². The van der Waals surface area contributed by atoms with Crippen molar-refractivity contribution in [3.63, 3.8) is 0 Å². The van der Waals surface area contributed by atoms with Crippen molar-refractivity contribution in [2.45, 2.75) is 33.2 Å². The van der Waals surface area contributed by atoms with Gasteiger partial charge >= 0.3 is 0 Å². The maximum atomic E-state index is 5.61. The topological polar surface area (TPSA) is 46.7 Å². The van der Waals surface area contributed by atoms with Gasteiger partial charge in [0.25, 0.3) is 0 Å². The van der Waals surface area contributed by atoms with Crippen molar-refractivity contribution in [3.8, 4) is 0 Å². The second kappa shape index (κ2) is 4.07. The van der Waals surface area contributed by atoms with Crippen LogP contribution in [0.3, 0.4) is 0 Å². The lowest BCUT2D eigenvalue weighted by molar-refractivity contribution is 0.539. The zero-order valence-electron chi connectivity index (χ0n) is 8.42. The van der Waals surface area contributed by atoms with E-state index in [9.17, 15) is 0 Å². The fourth-order valence-electron chi connectivity index (χ4n) is 1.56. The molecule has 74 valence electrons. The molecule has 0 fully saturated rings. The van der Waals surface area contributed by atoms with Crippen LogP contribution in [0.4, 0.5) is 0 Å². The highest BCUT2D eigenvalue weighted by Gasteiger charge is 2.10. The number of hydrogen-bond donors (Lipinski definition) is 2. The molecule has 0 bridgehead atoms. The molecular weight excluding hydrogens is 182 g/mol. The fraction of sp³-hybridized carbons (Fsp3) is 0.667. The van der Waals surface area contributed by atoms with Crippen LogP contribution in [0.15, 0.2) is 0 Å². The second-order valence-electron chi connectivity index (χ2n) is 3.30. The molecule has 0 spiro atoms. The van der Waals surface area contributed by atoms with Gasteiger partial charge in [-0.05, 0) is 32.5 Å². The molecule has 3 nitrogen and oxygen atoms in total. The molecule has 1 unspecified atom stereocenters. The van der Waals surface area contributed by atoms with Crippen LogP contribution < -0.4 is 5.73 Å². The number of nitrogens with zero attached hydrogens (tertiary/aromatic N) is 1. The number of H-pyrrole nitrogens is 1. The number of nitrogens with two attached hydrogens (primary N) is 1. The molecule has 0 aliphatic heterocycles. The van der Waals surface area contributed by atoms with Gasteiger partial charge < -0.3 is 15.3 Å². The number of aryl methyl sites for hydroxylation is 1. The van der Waals surface area contributed by atoms with Crippen molar-refractivity contribution >= 4 is 12.2 Å². The minimum atomic E-state index is 0.282. The molecule has 0 amide bonds. The van der Waals surface area contributed by atoms with Crippen molar-refractivity contribution in [1.29, 1.82) is 0 Å². The van der Waals surface area contributed by atoms with Gasteiger partial charge in [-0.15, -0.1) is 0 Å². The highest BCUT2D eigenvalue weighted by Crippen LogP contribution is 2.14. The van der Waals surface area contributed by atoms with Crippen molar-refractivity contribution in [3.05, 3.63) is 16.2 Å². The average Bonchev–Trinajstić information content (AvgIpc) is 2.40. The maximum Gasteiger partial charge on any atom is 0.177 e. The smallest absolute Gasteiger partial charge is 0.177 e. The molecule has 1 aromatic heterocycles. The van der Waals surface area contributed by atoms with Crippen molar-refractivity contribution < 1.29 is 0 Å². The van der Waals surface area contributed by atoms with Crippen LogP contribution in [0, 0.1) is 11.7 Å². The first kappa shape index (κ1) is 10.5. The molecule has 1 heterocycles. The molecule has 0 saturated heterocycles. The molecule has 1 rings (SSSR count). The number of aromatic amines is 1. The SMILES string of the molecule is CCc1[nH]c(=S)n(C(C)CN)c1C. The van der Waals surface area contributed by atoms with Crippen LogP contribution in [-0.2, 0) is 6.42 Å². The molecule has 4 heteroatoms. The van der Waals surface area contributed by atoms with Gasteiger partial charge in [0.05, 0.1) is 0 Å². The molecule has 0 saturated carbocycles. The minimum Gasteiger partial charge on any atom is -0.334 e. The quantitative estimate of drug-likeness (QED) is 0.731. The Labute approximate surface area is 84.0 Å². The molecule has 3 N–H and O–H groups in total. The van der Waals surface area contributed by atoms with Crippen LogP contribution in [-0.4, -0.2) is 16.1 Å². The first-order chi connectivity index (χ1) is 6.11. The van der Waals surface area contributed by atoms with Gasteiger partial charge in [0.15, 0.2) is 4.77 Å². The third-order valence-corrected chi connectivity index (χ3v) is 2.71. The molecule has 1 aromatic rings. The van der Waals surface area contributed by atoms with Gasteiger partial charge in [-0.2, -0.15) is 0 Å². The largest absolute Gasteiger partial charge is 0.334 e. The normalized spacial score (nSPS) is 13.2. The molecule has 0 aromatic carbocycles. The summed E-state index contributed by atoms with van der Waals surface area (Å²) in [6, 6.07) is 0.282. The summed E-state index contributed by atoms with van der Waals surface area (Å²) in [5.74, 6) is 0. The summed E-state index contributed by atoms with van der Waals surface area (Å²) in [6.45, 7) is 6.90. The molecule has 0 radical (unpaired) electrons. The van der Waals surface area contributed by atoms with Crippen LogP contribution >= 0.6 is 12.2 Å². The van der Waals surface area contributed by atoms with E-state index in [1.54, 1.807) is 0 Å². The number of imidazole rings is 1. The monoisotopic (exact) mass is 199 g/mol. The number of nitrogens with one attached hydrogen (secondary N) is 1. The van der Waals surface area contributed by atoms with E-state index in [1.807, 2.05) is 0 Å². The van der Waals surface area contributed by atoms with E-state index >= 15 is 0 Å². The summed E-state index contributed by atoms with van der Waals surface area (Å²) < 4.78 is 2.88. The maximum absolute atomic E-state index is 5.61. The Balaban J connectivity index is 3.20. The predicted octanol–water partition coefficient (Wildman–Crippen LogP) is 1.94. The number of hydrogen-bond acceptors (Lipinski definition) is 2. The van der Waals surface area contributed by atoms with Gasteiger partial charge in [0.2, 0.25) is 0 Å². The second-order valence-corrected chi connectivity index (χ2v) is 3.69. The highest BCUT2D eigenvalue weighted by molar-refractivity contribution is 7.71. The van der Waals surface area contributed by atoms with Gasteiger partial charge in [0.1, 0.15) is 0 Å². The first-order valence-corrected chi connectivity index (χ1v) is 5.02. The van der Waals surface area contributed by atoms with Gasteiger partial charge in [-0.1, -0.05) is 6.92 Å². The zero-order chi connectivity index (χ0) is 10.0. The van der Waals surface area contributed by atoms with E-state index in [4.69, 9.17) is 18.0 Å². The summed E-state index contributed by atoms with van der Waals surface area (Å²) in [7, 11) is 0. The van der Waals surface area contributed by atoms with Crippen LogP contribution in [0.25, 0.3) is 0 Å². The summed E-state index contributed by atoms with van der Waals surface area (Å²) in [6.07, 6.45) is 0.986. The van der Waals surface area contributed by atoms with E-state index in [0.717, 1.165) is 11.2 Å². The van der Waals surface area contributed by atoms with E-state index < -0.39 is 0 Å². The average molecular weight is 199 g/mol. The molecule has 13 heavy (non-hydrogen) atoms. The van der Waals surface area contributed by atoms with Gasteiger partial charge in [-0.25, -0.2) is 0 Å². The minimum absolute atomic E-state index is 0.282. The Kier molecular flexibility index (Phi) is 3.27. The van der Waals surface area contributed by atoms with Crippen LogP contribution in [0.2, 0.25) is 0 Å². The first-order valence-electron chi connectivity index (χ1n) is 4.61. The lowest BCUT2D eigenvalue weighted by Crippen LogP contribution is -2.17. The van der Waals surface area contributed by atoms with Crippen molar-refractivity contribution in [1.82, 2.24) is 9.55 Å². The Morgan fingerprint density at radius 2 is 2.23 bits per heavy atom. The fourth-order valence-corrected chi connectivity index (χ4v) is 2.00. The third-order valence-electron chi connectivity index (χ3n) is 2.41. The van der Waals surface area contributed by atoms with Gasteiger partial charge in [-0.3, -0.25) is 0 Å². The Hall–Kier alpha value is -0.610. The molecule has 1 atom stereocenters. The summed E-state index contributed by atoms with van der Waals surface area (Å²) in [5, 5.41) is 0. The lowest BCUT2D eigenvalue weighted by Gasteiger charge is -2.12. The zero-order valence-corrected chi connectivity index (χ0v) is 9.24. The van der Waals surface area contributed by atoms with Crippen molar-refractivity contribution in [2.75, 3.05) is 6.54 Å². The van der Waals surface area contributed by atoms with Crippen LogP contribution in [0.5, 0.6) is 0 Å². The summed E-state index contributed by atoms with van der Waals surface area (Å²) in [4.78, 5) is 3.20. The van der Waals surface area contributed by atoms with Gasteiger partial charge in [0, 0.05) is 24.0 Å². The Morgan fingerprint density at radius 3 is 2.62 bits per heavy atom. The van der Waals surface area contributed by atoms with E-state index in [2.05, 4.69) is 30.3 Å². The molecule has 0 aliphatic carbocycles. The number of aromatic nitrogens is 2. The van der Waals surface area contributed by atoms with E-state index in [0.29, 0.717) is 6.54 Å². The standard InChI is InChI=1S/C9H17N3S/c1-4-8-7(3)12(6(2)5-10)9(13)11-8/h6H,4-5,10H2,1-3H3,(H,11,13). The molecule has 0 aliphatic rings.